The fourth-order valence-corrected chi connectivity index (χ4v) is 2.82. The van der Waals surface area contributed by atoms with Crippen LogP contribution in [-0.2, 0) is 0 Å². The lowest BCUT2D eigenvalue weighted by molar-refractivity contribution is 0.357. The Balaban J connectivity index is 2.43. The van der Waals surface area contributed by atoms with E-state index in [9.17, 15) is 0 Å². The van der Waals surface area contributed by atoms with E-state index in [0.29, 0.717) is 17.2 Å². The number of nitrogens with two attached hydrogens (primary N) is 1. The summed E-state index contributed by atoms with van der Waals surface area (Å²) in [7, 11) is 3.27. The maximum atomic E-state index is 6.13. The van der Waals surface area contributed by atoms with E-state index in [4.69, 9.17) is 15.2 Å². The standard InChI is InChI=1S/C18H17NO2S/c1-20-16-10-14-13(4-3-5-15(14)19)17(18(16)21-2)11-6-8-12(22)9-7-11/h3-10,22H,19H2,1-2H3. The predicted molar refractivity (Wildman–Crippen MR) is 94.2 cm³/mol. The summed E-state index contributed by atoms with van der Waals surface area (Å²) in [5.74, 6) is 1.37. The summed E-state index contributed by atoms with van der Waals surface area (Å²) in [5, 5.41) is 1.98. The van der Waals surface area contributed by atoms with Crippen molar-refractivity contribution >= 4 is 29.1 Å². The van der Waals surface area contributed by atoms with E-state index in [2.05, 4.69) is 12.6 Å². The first-order valence-corrected chi connectivity index (χ1v) is 7.33. The van der Waals surface area contributed by atoms with Gasteiger partial charge in [0.05, 0.1) is 14.2 Å². The van der Waals surface area contributed by atoms with Gasteiger partial charge in [-0.15, -0.1) is 12.6 Å². The van der Waals surface area contributed by atoms with Gasteiger partial charge in [0.25, 0.3) is 0 Å². The highest BCUT2D eigenvalue weighted by atomic mass is 32.1. The van der Waals surface area contributed by atoms with Crippen LogP contribution in [0.4, 0.5) is 5.69 Å². The smallest absolute Gasteiger partial charge is 0.169 e. The number of fused-ring (bicyclic) bond motifs is 1. The summed E-state index contributed by atoms with van der Waals surface area (Å²) in [6, 6.07) is 15.7. The average molecular weight is 311 g/mol. The SMILES string of the molecule is COc1cc2c(N)cccc2c(-c2ccc(S)cc2)c1OC. The number of methoxy groups -OCH3 is 2. The zero-order chi connectivity index (χ0) is 15.7. The molecule has 0 spiro atoms. The summed E-state index contributed by atoms with van der Waals surface area (Å²) in [6.07, 6.45) is 0. The summed E-state index contributed by atoms with van der Waals surface area (Å²) in [4.78, 5) is 0.912. The van der Waals surface area contributed by atoms with Crippen molar-refractivity contribution in [3.63, 3.8) is 0 Å². The van der Waals surface area contributed by atoms with Crippen LogP contribution in [0.25, 0.3) is 21.9 Å². The highest BCUT2D eigenvalue weighted by Gasteiger charge is 2.17. The molecule has 0 unspecified atom stereocenters. The van der Waals surface area contributed by atoms with E-state index >= 15 is 0 Å². The molecule has 22 heavy (non-hydrogen) atoms. The maximum absolute atomic E-state index is 6.13. The number of anilines is 1. The second-order valence-corrected chi connectivity index (χ2v) is 5.49. The van der Waals surface area contributed by atoms with Crippen LogP contribution in [0.3, 0.4) is 0 Å². The van der Waals surface area contributed by atoms with Crippen molar-refractivity contribution in [2.75, 3.05) is 20.0 Å². The Morgan fingerprint density at radius 3 is 2.27 bits per heavy atom. The van der Waals surface area contributed by atoms with Gasteiger partial charge < -0.3 is 15.2 Å². The van der Waals surface area contributed by atoms with Crippen molar-refractivity contribution in [3.8, 4) is 22.6 Å². The lowest BCUT2D eigenvalue weighted by Crippen LogP contribution is -1.96. The van der Waals surface area contributed by atoms with Crippen molar-refractivity contribution in [1.82, 2.24) is 0 Å². The summed E-state index contributed by atoms with van der Waals surface area (Å²) in [5.41, 5.74) is 8.85. The summed E-state index contributed by atoms with van der Waals surface area (Å²) in [6.45, 7) is 0. The Kier molecular flexibility index (Phi) is 3.86. The van der Waals surface area contributed by atoms with E-state index in [1.54, 1.807) is 14.2 Å². The fraction of sp³-hybridized carbons (Fsp3) is 0.111. The van der Waals surface area contributed by atoms with Gasteiger partial charge in [0.1, 0.15) is 0 Å². The second kappa shape index (κ2) is 5.81. The molecule has 0 aliphatic carbocycles. The van der Waals surface area contributed by atoms with E-state index in [0.717, 1.165) is 26.8 Å². The van der Waals surface area contributed by atoms with E-state index < -0.39 is 0 Å². The Bertz CT molecular complexity index is 829. The van der Waals surface area contributed by atoms with Gasteiger partial charge in [-0.05, 0) is 35.2 Å². The third kappa shape index (κ3) is 2.35. The molecule has 0 fully saturated rings. The molecular weight excluding hydrogens is 294 g/mol. The van der Waals surface area contributed by atoms with Crippen molar-refractivity contribution in [2.45, 2.75) is 4.90 Å². The molecule has 0 heterocycles. The van der Waals surface area contributed by atoms with Crippen LogP contribution in [0, 0.1) is 0 Å². The van der Waals surface area contributed by atoms with Gasteiger partial charge >= 0.3 is 0 Å². The Morgan fingerprint density at radius 2 is 1.64 bits per heavy atom. The van der Waals surface area contributed by atoms with Gasteiger partial charge in [-0.25, -0.2) is 0 Å². The largest absolute Gasteiger partial charge is 0.493 e. The minimum atomic E-state index is 0.665. The van der Waals surface area contributed by atoms with Crippen molar-refractivity contribution in [2.24, 2.45) is 0 Å². The van der Waals surface area contributed by atoms with Crippen molar-refractivity contribution in [1.29, 1.82) is 0 Å². The summed E-state index contributed by atoms with van der Waals surface area (Å²) < 4.78 is 11.1. The van der Waals surface area contributed by atoms with E-state index in [-0.39, 0.29) is 0 Å². The van der Waals surface area contributed by atoms with Gasteiger partial charge in [-0.2, -0.15) is 0 Å². The first kappa shape index (κ1) is 14.6. The minimum absolute atomic E-state index is 0.665. The minimum Gasteiger partial charge on any atom is -0.493 e. The van der Waals surface area contributed by atoms with Crippen LogP contribution < -0.4 is 15.2 Å². The van der Waals surface area contributed by atoms with Crippen molar-refractivity contribution in [3.05, 3.63) is 48.5 Å². The number of hydrogen-bond acceptors (Lipinski definition) is 4. The first-order chi connectivity index (χ1) is 10.7. The molecule has 3 rings (SSSR count). The molecule has 2 N–H and O–H groups in total. The number of rotatable bonds is 3. The molecule has 112 valence electrons. The van der Waals surface area contributed by atoms with Crippen LogP contribution in [0.1, 0.15) is 0 Å². The number of nitrogen functional groups attached to an aromatic ring is 1. The first-order valence-electron chi connectivity index (χ1n) is 6.88. The molecule has 0 aromatic heterocycles. The zero-order valence-corrected chi connectivity index (χ0v) is 13.4. The molecule has 0 amide bonds. The molecule has 0 atom stereocenters. The number of benzene rings is 3. The predicted octanol–water partition coefficient (Wildman–Crippen LogP) is 4.39. The topological polar surface area (TPSA) is 44.5 Å². The van der Waals surface area contributed by atoms with Crippen LogP contribution >= 0.6 is 12.6 Å². The third-order valence-electron chi connectivity index (χ3n) is 3.72. The van der Waals surface area contributed by atoms with Gasteiger partial charge in [-0.3, -0.25) is 0 Å². The third-order valence-corrected chi connectivity index (χ3v) is 4.01. The van der Waals surface area contributed by atoms with Gasteiger partial charge in [-0.1, -0.05) is 24.3 Å². The zero-order valence-electron chi connectivity index (χ0n) is 12.5. The second-order valence-electron chi connectivity index (χ2n) is 4.98. The highest BCUT2D eigenvalue weighted by molar-refractivity contribution is 7.80. The molecule has 3 aromatic carbocycles. The van der Waals surface area contributed by atoms with Crippen molar-refractivity contribution < 1.29 is 9.47 Å². The molecule has 4 heteroatoms. The van der Waals surface area contributed by atoms with Gasteiger partial charge in [0.2, 0.25) is 0 Å². The van der Waals surface area contributed by atoms with Gasteiger partial charge in [0, 0.05) is 21.5 Å². The Hall–Kier alpha value is -2.33. The lowest BCUT2D eigenvalue weighted by atomic mass is 9.95. The Morgan fingerprint density at radius 1 is 0.909 bits per heavy atom. The maximum Gasteiger partial charge on any atom is 0.169 e. The molecule has 0 saturated carbocycles. The quantitative estimate of drug-likeness (QED) is 0.557. The highest BCUT2D eigenvalue weighted by Crippen LogP contribution is 2.45. The average Bonchev–Trinajstić information content (AvgIpc) is 2.54. The normalized spacial score (nSPS) is 10.7. The lowest BCUT2D eigenvalue weighted by Gasteiger charge is -2.17. The van der Waals surface area contributed by atoms with Crippen LogP contribution in [0.5, 0.6) is 11.5 Å². The fourth-order valence-electron chi connectivity index (χ4n) is 2.67. The number of thiol groups is 1. The molecule has 0 radical (unpaired) electrons. The van der Waals surface area contributed by atoms with Gasteiger partial charge in [0.15, 0.2) is 11.5 Å². The Labute approximate surface area is 135 Å². The number of hydrogen-bond donors (Lipinski definition) is 2. The van der Waals surface area contributed by atoms with E-state index in [1.165, 1.54) is 0 Å². The molecule has 0 saturated heterocycles. The molecule has 0 aliphatic rings. The van der Waals surface area contributed by atoms with Crippen LogP contribution in [0.15, 0.2) is 53.4 Å². The number of ether oxygens (including phenoxy) is 2. The molecule has 3 nitrogen and oxygen atoms in total. The van der Waals surface area contributed by atoms with E-state index in [1.807, 2.05) is 48.5 Å². The molecule has 3 aromatic rings. The molecule has 0 bridgehead atoms. The monoisotopic (exact) mass is 311 g/mol. The molecular formula is C18H17NO2S. The summed E-state index contributed by atoms with van der Waals surface area (Å²) >= 11 is 4.35. The van der Waals surface area contributed by atoms with Crippen LogP contribution in [0.2, 0.25) is 0 Å². The molecule has 0 aliphatic heterocycles. The van der Waals surface area contributed by atoms with Crippen LogP contribution in [-0.4, -0.2) is 14.2 Å².